The highest BCUT2D eigenvalue weighted by Gasteiger charge is 2.11. The first-order valence-electron chi connectivity index (χ1n) is 5.30. The summed E-state index contributed by atoms with van der Waals surface area (Å²) in [6.07, 6.45) is 1.82. The van der Waals surface area contributed by atoms with Crippen molar-refractivity contribution in [3.63, 3.8) is 0 Å². The molecule has 0 atom stereocenters. The van der Waals surface area contributed by atoms with Gasteiger partial charge in [0.2, 0.25) is 5.78 Å². The van der Waals surface area contributed by atoms with E-state index < -0.39 is 0 Å². The number of carbonyl (C=O) groups is 1. The second-order valence-electron chi connectivity index (χ2n) is 3.79. The van der Waals surface area contributed by atoms with E-state index in [2.05, 4.69) is 15.9 Å². The van der Waals surface area contributed by atoms with Crippen LogP contribution in [0.25, 0.3) is 0 Å². The average Bonchev–Trinajstić information content (AvgIpc) is 2.74. The minimum Gasteiger partial charge on any atom is -0.484 e. The van der Waals surface area contributed by atoms with Crippen LogP contribution in [-0.2, 0) is 7.05 Å². The maximum atomic E-state index is 11.9. The minimum absolute atomic E-state index is 0.0286. The zero-order chi connectivity index (χ0) is 13.1. The number of ether oxygens (including phenoxy) is 1. The standard InChI is InChI=1S/C13H11BrClNO2/c1-16-6-2-3-11(16)12(17)8-18-13-5-4-9(14)7-10(13)15/h2-7H,8H2,1H3. The van der Waals surface area contributed by atoms with Crippen molar-refractivity contribution in [2.45, 2.75) is 0 Å². The van der Waals surface area contributed by atoms with Gasteiger partial charge in [0.25, 0.3) is 0 Å². The number of aryl methyl sites for hydroxylation is 1. The van der Waals surface area contributed by atoms with E-state index in [9.17, 15) is 4.79 Å². The molecule has 1 heterocycles. The highest BCUT2D eigenvalue weighted by atomic mass is 79.9. The van der Waals surface area contributed by atoms with E-state index in [1.807, 2.05) is 25.4 Å². The van der Waals surface area contributed by atoms with Crippen molar-refractivity contribution >= 4 is 33.3 Å². The number of Topliss-reactive ketones (excluding diaryl/α,β-unsaturated/α-hetero) is 1. The van der Waals surface area contributed by atoms with Gasteiger partial charge in [-0.15, -0.1) is 0 Å². The molecule has 0 saturated carbocycles. The third-order valence-electron chi connectivity index (χ3n) is 2.48. The molecule has 0 aliphatic heterocycles. The SMILES string of the molecule is Cn1cccc1C(=O)COc1ccc(Br)cc1Cl. The Hall–Kier alpha value is -1.26. The molecule has 1 aromatic carbocycles. The largest absolute Gasteiger partial charge is 0.484 e. The Balaban J connectivity index is 2.04. The van der Waals surface area contributed by atoms with E-state index in [0.29, 0.717) is 16.5 Å². The van der Waals surface area contributed by atoms with Gasteiger partial charge >= 0.3 is 0 Å². The lowest BCUT2D eigenvalue weighted by Gasteiger charge is -2.08. The first-order chi connectivity index (χ1) is 8.58. The average molecular weight is 329 g/mol. The molecular weight excluding hydrogens is 318 g/mol. The van der Waals surface area contributed by atoms with Crippen LogP contribution in [-0.4, -0.2) is 17.0 Å². The Morgan fingerprint density at radius 2 is 2.22 bits per heavy atom. The van der Waals surface area contributed by atoms with Crippen molar-refractivity contribution in [1.82, 2.24) is 4.57 Å². The smallest absolute Gasteiger partial charge is 0.216 e. The summed E-state index contributed by atoms with van der Waals surface area (Å²) >= 11 is 9.30. The summed E-state index contributed by atoms with van der Waals surface area (Å²) in [6, 6.07) is 8.84. The molecular formula is C13H11BrClNO2. The zero-order valence-electron chi connectivity index (χ0n) is 9.69. The Kier molecular flexibility index (Phi) is 4.09. The fourth-order valence-electron chi connectivity index (χ4n) is 1.56. The number of hydrogen-bond acceptors (Lipinski definition) is 2. The second kappa shape index (κ2) is 5.59. The van der Waals surface area contributed by atoms with E-state index in [0.717, 1.165) is 4.47 Å². The van der Waals surface area contributed by atoms with Gasteiger partial charge in [0.05, 0.1) is 10.7 Å². The molecule has 0 amide bonds. The van der Waals surface area contributed by atoms with Crippen molar-refractivity contribution in [3.8, 4) is 5.75 Å². The van der Waals surface area contributed by atoms with Gasteiger partial charge in [-0.05, 0) is 30.3 Å². The van der Waals surface area contributed by atoms with Crippen LogP contribution in [0.15, 0.2) is 41.0 Å². The van der Waals surface area contributed by atoms with E-state index in [-0.39, 0.29) is 12.4 Å². The molecule has 0 bridgehead atoms. The van der Waals surface area contributed by atoms with Gasteiger partial charge in [0, 0.05) is 17.7 Å². The Labute approximate surface area is 118 Å². The number of hydrogen-bond donors (Lipinski definition) is 0. The predicted molar refractivity (Wildman–Crippen MR) is 74.4 cm³/mol. The molecule has 2 aromatic rings. The maximum Gasteiger partial charge on any atom is 0.216 e. The molecule has 18 heavy (non-hydrogen) atoms. The predicted octanol–water partition coefficient (Wildman–Crippen LogP) is 3.70. The molecule has 1 aromatic heterocycles. The van der Waals surface area contributed by atoms with E-state index >= 15 is 0 Å². The third kappa shape index (κ3) is 2.94. The number of ketones is 1. The third-order valence-corrected chi connectivity index (χ3v) is 3.27. The van der Waals surface area contributed by atoms with Crippen LogP contribution in [0.1, 0.15) is 10.5 Å². The first-order valence-corrected chi connectivity index (χ1v) is 6.47. The summed E-state index contributed by atoms with van der Waals surface area (Å²) in [7, 11) is 1.82. The van der Waals surface area contributed by atoms with Crippen LogP contribution in [0.3, 0.4) is 0 Å². The lowest BCUT2D eigenvalue weighted by atomic mass is 10.3. The molecule has 0 unspecified atom stereocenters. The topological polar surface area (TPSA) is 31.2 Å². The molecule has 5 heteroatoms. The van der Waals surface area contributed by atoms with Gasteiger partial charge in [-0.1, -0.05) is 27.5 Å². The van der Waals surface area contributed by atoms with Gasteiger partial charge in [0.1, 0.15) is 5.75 Å². The molecule has 0 aliphatic carbocycles. The number of nitrogens with zero attached hydrogens (tertiary/aromatic N) is 1. The van der Waals surface area contributed by atoms with Crippen molar-refractivity contribution in [2.75, 3.05) is 6.61 Å². The molecule has 0 spiro atoms. The van der Waals surface area contributed by atoms with Crippen molar-refractivity contribution < 1.29 is 9.53 Å². The number of carbonyl (C=O) groups excluding carboxylic acids is 1. The fraction of sp³-hybridized carbons (Fsp3) is 0.154. The van der Waals surface area contributed by atoms with Gasteiger partial charge < -0.3 is 9.30 Å². The molecule has 0 fully saturated rings. The van der Waals surface area contributed by atoms with Crippen molar-refractivity contribution in [2.24, 2.45) is 7.05 Å². The zero-order valence-corrected chi connectivity index (χ0v) is 12.0. The quantitative estimate of drug-likeness (QED) is 0.801. The highest BCUT2D eigenvalue weighted by Crippen LogP contribution is 2.27. The number of benzene rings is 1. The molecule has 0 aliphatic rings. The Bertz CT molecular complexity index is 580. The van der Waals surface area contributed by atoms with Crippen LogP contribution in [0.4, 0.5) is 0 Å². The summed E-state index contributed by atoms with van der Waals surface area (Å²) in [4.78, 5) is 11.9. The highest BCUT2D eigenvalue weighted by molar-refractivity contribution is 9.10. The normalized spacial score (nSPS) is 10.4. The van der Waals surface area contributed by atoms with Crippen LogP contribution < -0.4 is 4.74 Å². The number of halogens is 2. The summed E-state index contributed by atoms with van der Waals surface area (Å²) in [5.74, 6) is 0.420. The second-order valence-corrected chi connectivity index (χ2v) is 5.11. The number of aromatic nitrogens is 1. The van der Waals surface area contributed by atoms with Gasteiger partial charge in [-0.3, -0.25) is 4.79 Å². The lowest BCUT2D eigenvalue weighted by molar-refractivity contribution is 0.0913. The lowest BCUT2D eigenvalue weighted by Crippen LogP contribution is -2.14. The summed E-state index contributed by atoms with van der Waals surface area (Å²) in [5, 5.41) is 0.476. The fourth-order valence-corrected chi connectivity index (χ4v) is 2.29. The Morgan fingerprint density at radius 1 is 1.44 bits per heavy atom. The summed E-state index contributed by atoms with van der Waals surface area (Å²) in [6.45, 7) is -0.0286. The van der Waals surface area contributed by atoms with Crippen LogP contribution in [0, 0.1) is 0 Å². The molecule has 0 N–H and O–H groups in total. The number of rotatable bonds is 4. The van der Waals surface area contributed by atoms with E-state index in [1.165, 1.54) is 0 Å². The molecule has 3 nitrogen and oxygen atoms in total. The van der Waals surface area contributed by atoms with E-state index in [4.69, 9.17) is 16.3 Å². The Morgan fingerprint density at radius 3 is 2.83 bits per heavy atom. The van der Waals surface area contributed by atoms with Gasteiger partial charge in [-0.25, -0.2) is 0 Å². The summed E-state index contributed by atoms with van der Waals surface area (Å²) in [5.41, 5.74) is 0.614. The maximum absolute atomic E-state index is 11.9. The van der Waals surface area contributed by atoms with Gasteiger partial charge in [-0.2, -0.15) is 0 Å². The van der Waals surface area contributed by atoms with Crippen LogP contribution >= 0.6 is 27.5 Å². The monoisotopic (exact) mass is 327 g/mol. The van der Waals surface area contributed by atoms with E-state index in [1.54, 1.807) is 22.8 Å². The molecule has 0 radical (unpaired) electrons. The minimum atomic E-state index is -0.0820. The van der Waals surface area contributed by atoms with Crippen LogP contribution in [0.2, 0.25) is 5.02 Å². The van der Waals surface area contributed by atoms with Crippen molar-refractivity contribution in [1.29, 1.82) is 0 Å². The molecule has 2 rings (SSSR count). The molecule has 94 valence electrons. The van der Waals surface area contributed by atoms with Crippen molar-refractivity contribution in [3.05, 3.63) is 51.7 Å². The summed E-state index contributed by atoms with van der Waals surface area (Å²) < 4.78 is 8.04. The first kappa shape index (κ1) is 13.2. The van der Waals surface area contributed by atoms with Gasteiger partial charge in [0.15, 0.2) is 6.61 Å². The van der Waals surface area contributed by atoms with Crippen LogP contribution in [0.5, 0.6) is 5.75 Å². The molecule has 0 saturated heterocycles.